The first kappa shape index (κ1) is 20.4. The highest BCUT2D eigenvalue weighted by Crippen LogP contribution is 2.33. The largest absolute Gasteiger partial charge is 0.391 e. The Morgan fingerprint density at radius 3 is 2.67 bits per heavy atom. The van der Waals surface area contributed by atoms with E-state index in [4.69, 9.17) is 16.1 Å². The molecule has 2 atom stereocenters. The number of aryl methyl sites for hydroxylation is 3. The Balaban J connectivity index is 1.60. The number of hydrogen-bond donors (Lipinski definition) is 2. The van der Waals surface area contributed by atoms with Crippen LogP contribution in [0, 0.1) is 20.8 Å². The highest BCUT2D eigenvalue weighted by molar-refractivity contribution is 6.30. The minimum Gasteiger partial charge on any atom is -0.391 e. The Bertz CT molecular complexity index is 1040. The number of aliphatic hydroxyl groups is 1. The molecule has 2 N–H and O–H groups in total. The number of likely N-dealkylation sites (tertiary alicyclic amines) is 1. The average Bonchev–Trinajstić information content (AvgIpc) is 3.37. The number of amides is 2. The van der Waals surface area contributed by atoms with E-state index in [1.807, 2.05) is 35.8 Å². The topological polar surface area (TPSA) is 109 Å². The van der Waals surface area contributed by atoms with Gasteiger partial charge in [-0.3, -0.25) is 0 Å². The molecule has 4 rings (SSSR count). The predicted octanol–water partition coefficient (Wildman–Crippen LogP) is 3.23. The third-order valence-electron chi connectivity index (χ3n) is 5.32. The van der Waals surface area contributed by atoms with E-state index in [1.165, 1.54) is 0 Å². The summed E-state index contributed by atoms with van der Waals surface area (Å²) in [6.45, 7) is 6.10. The number of hydrogen-bond acceptors (Lipinski definition) is 6. The van der Waals surface area contributed by atoms with Gasteiger partial charge in [-0.2, -0.15) is 0 Å². The molecule has 0 bridgehead atoms. The van der Waals surface area contributed by atoms with E-state index in [0.717, 1.165) is 11.4 Å². The molecule has 158 valence electrons. The van der Waals surface area contributed by atoms with E-state index in [2.05, 4.69) is 20.7 Å². The molecule has 2 aromatic heterocycles. The lowest BCUT2D eigenvalue weighted by Crippen LogP contribution is -2.36. The summed E-state index contributed by atoms with van der Waals surface area (Å²) < 4.78 is 7.08. The number of halogens is 1. The van der Waals surface area contributed by atoms with Gasteiger partial charge in [-0.25, -0.2) is 4.79 Å². The summed E-state index contributed by atoms with van der Waals surface area (Å²) in [6.07, 6.45) is -0.264. The molecule has 2 amide bonds. The summed E-state index contributed by atoms with van der Waals surface area (Å²) in [4.78, 5) is 14.6. The summed E-state index contributed by atoms with van der Waals surface area (Å²) in [6, 6.07) is 6.80. The molecular weight excluding hydrogens is 408 g/mol. The molecule has 3 heterocycles. The van der Waals surface area contributed by atoms with Crippen LogP contribution in [0.1, 0.15) is 41.1 Å². The Morgan fingerprint density at radius 2 is 2.00 bits per heavy atom. The van der Waals surface area contributed by atoms with E-state index < -0.39 is 12.1 Å². The molecule has 1 aliphatic rings. The number of nitrogens with zero attached hydrogens (tertiary/aromatic N) is 5. The number of aromatic nitrogens is 4. The SMILES string of the molecule is Cc1noc(C)c1NC(=O)N1C[C@@H](O)CC1c1nnc(C)n1Cc1ccc(Cl)cc1. The minimum absolute atomic E-state index is 0.201. The number of nitrogens with one attached hydrogen (secondary N) is 1. The van der Waals surface area contributed by atoms with Gasteiger partial charge < -0.3 is 24.4 Å². The van der Waals surface area contributed by atoms with Gasteiger partial charge in [-0.05, 0) is 38.5 Å². The molecule has 30 heavy (non-hydrogen) atoms. The van der Waals surface area contributed by atoms with Crippen LogP contribution in [0.4, 0.5) is 10.5 Å². The molecule has 1 fully saturated rings. The third kappa shape index (κ3) is 3.90. The first-order valence-corrected chi connectivity index (χ1v) is 10.0. The zero-order valence-electron chi connectivity index (χ0n) is 17.0. The molecular formula is C20H23ClN6O3. The summed E-state index contributed by atoms with van der Waals surface area (Å²) in [5.41, 5.74) is 2.17. The zero-order valence-corrected chi connectivity index (χ0v) is 17.7. The molecule has 0 spiro atoms. The fourth-order valence-electron chi connectivity index (χ4n) is 3.73. The van der Waals surface area contributed by atoms with Crippen molar-refractivity contribution in [1.82, 2.24) is 24.8 Å². The predicted molar refractivity (Wildman–Crippen MR) is 110 cm³/mol. The molecule has 1 aliphatic heterocycles. The lowest BCUT2D eigenvalue weighted by atomic mass is 10.1. The fraction of sp³-hybridized carbons (Fsp3) is 0.400. The maximum absolute atomic E-state index is 13.0. The van der Waals surface area contributed by atoms with E-state index in [1.54, 1.807) is 18.7 Å². The number of rotatable bonds is 4. The number of anilines is 1. The third-order valence-corrected chi connectivity index (χ3v) is 5.57. The average molecular weight is 431 g/mol. The lowest BCUT2D eigenvalue weighted by molar-refractivity contribution is 0.175. The molecule has 3 aromatic rings. The summed E-state index contributed by atoms with van der Waals surface area (Å²) in [5, 5.41) is 26.2. The minimum atomic E-state index is -0.647. The van der Waals surface area contributed by atoms with Gasteiger partial charge in [0.15, 0.2) is 11.6 Å². The number of carbonyl (C=O) groups excluding carboxylic acids is 1. The number of urea groups is 1. The highest BCUT2D eigenvalue weighted by Gasteiger charge is 2.39. The molecule has 10 heteroatoms. The van der Waals surface area contributed by atoms with Gasteiger partial charge in [-0.15, -0.1) is 10.2 Å². The van der Waals surface area contributed by atoms with Gasteiger partial charge in [0.1, 0.15) is 17.2 Å². The molecule has 9 nitrogen and oxygen atoms in total. The van der Waals surface area contributed by atoms with Crippen LogP contribution in [0.15, 0.2) is 28.8 Å². The van der Waals surface area contributed by atoms with Crippen LogP contribution >= 0.6 is 11.6 Å². The second kappa shape index (κ2) is 8.08. The Kier molecular flexibility index (Phi) is 5.48. The van der Waals surface area contributed by atoms with E-state index in [-0.39, 0.29) is 12.6 Å². The monoisotopic (exact) mass is 430 g/mol. The van der Waals surface area contributed by atoms with Crippen LogP contribution in [0.5, 0.6) is 0 Å². The van der Waals surface area contributed by atoms with Crippen molar-refractivity contribution in [3.63, 3.8) is 0 Å². The van der Waals surface area contributed by atoms with Crippen LogP contribution in [0.2, 0.25) is 5.02 Å². The fourth-order valence-corrected chi connectivity index (χ4v) is 3.86. The number of β-amino-alcohol motifs (C(OH)–C–C–N with tert-alkyl or cyclic N) is 1. The van der Waals surface area contributed by atoms with Gasteiger partial charge in [0, 0.05) is 18.0 Å². The van der Waals surface area contributed by atoms with E-state index in [9.17, 15) is 9.90 Å². The van der Waals surface area contributed by atoms with Crippen molar-refractivity contribution < 1.29 is 14.4 Å². The molecule has 0 radical (unpaired) electrons. The number of aliphatic hydroxyl groups excluding tert-OH is 1. The van der Waals surface area contributed by atoms with E-state index in [0.29, 0.717) is 41.0 Å². The molecule has 1 aromatic carbocycles. The van der Waals surface area contributed by atoms with Crippen molar-refractivity contribution in [2.45, 2.75) is 45.9 Å². The quantitative estimate of drug-likeness (QED) is 0.657. The van der Waals surface area contributed by atoms with Crippen LogP contribution < -0.4 is 5.32 Å². The smallest absolute Gasteiger partial charge is 0.322 e. The first-order valence-electron chi connectivity index (χ1n) is 9.66. The lowest BCUT2D eigenvalue weighted by Gasteiger charge is -2.24. The van der Waals surface area contributed by atoms with Crippen LogP contribution in [-0.4, -0.2) is 48.6 Å². The molecule has 1 saturated heterocycles. The van der Waals surface area contributed by atoms with E-state index >= 15 is 0 Å². The summed E-state index contributed by atoms with van der Waals surface area (Å²) >= 11 is 5.99. The van der Waals surface area contributed by atoms with Crippen molar-refractivity contribution >= 4 is 23.3 Å². The zero-order chi connectivity index (χ0) is 21.4. The van der Waals surface area contributed by atoms with Gasteiger partial charge in [0.05, 0.1) is 18.7 Å². The Hall–Kier alpha value is -2.91. The molecule has 0 saturated carbocycles. The summed E-state index contributed by atoms with van der Waals surface area (Å²) in [7, 11) is 0. The van der Waals surface area contributed by atoms with Crippen molar-refractivity contribution in [1.29, 1.82) is 0 Å². The van der Waals surface area contributed by atoms with Crippen molar-refractivity contribution in [3.05, 3.63) is 58.0 Å². The standard InChI is InChI=1S/C20H23ClN6O3/c1-11-18(12(2)30-25-11)22-20(29)27-10-16(28)8-17(27)19-24-23-13(3)26(19)9-14-4-6-15(21)7-5-14/h4-7,16-17,28H,8-10H2,1-3H3,(H,22,29)/t16-,17?/m0/s1. The van der Waals surface area contributed by atoms with Crippen LogP contribution in [0.25, 0.3) is 0 Å². The summed E-state index contributed by atoms with van der Waals surface area (Å²) in [5.74, 6) is 1.89. The second-order valence-corrected chi connectivity index (χ2v) is 7.94. The van der Waals surface area contributed by atoms with Gasteiger partial charge >= 0.3 is 6.03 Å². The van der Waals surface area contributed by atoms with Crippen LogP contribution in [0.3, 0.4) is 0 Å². The van der Waals surface area contributed by atoms with Gasteiger partial charge in [0.25, 0.3) is 0 Å². The molecule has 1 unspecified atom stereocenters. The van der Waals surface area contributed by atoms with Crippen molar-refractivity contribution in [2.75, 3.05) is 11.9 Å². The van der Waals surface area contributed by atoms with Gasteiger partial charge in [0.2, 0.25) is 0 Å². The second-order valence-electron chi connectivity index (χ2n) is 7.51. The maximum atomic E-state index is 13.0. The first-order chi connectivity index (χ1) is 14.3. The number of benzene rings is 1. The van der Waals surface area contributed by atoms with Crippen molar-refractivity contribution in [3.8, 4) is 0 Å². The number of carbonyl (C=O) groups is 1. The highest BCUT2D eigenvalue weighted by atomic mass is 35.5. The molecule has 0 aliphatic carbocycles. The maximum Gasteiger partial charge on any atom is 0.322 e. The normalized spacial score (nSPS) is 18.8. The van der Waals surface area contributed by atoms with Gasteiger partial charge in [-0.1, -0.05) is 28.9 Å². The Labute approximate surface area is 178 Å². The van der Waals surface area contributed by atoms with Crippen molar-refractivity contribution in [2.24, 2.45) is 0 Å². The van der Waals surface area contributed by atoms with Crippen LogP contribution in [-0.2, 0) is 6.54 Å². The Morgan fingerprint density at radius 1 is 1.27 bits per heavy atom.